The minimum atomic E-state index is -5.35. The van der Waals surface area contributed by atoms with Gasteiger partial charge in [0.15, 0.2) is 9.84 Å². The normalized spacial score (nSPS) is 12.1. The number of aromatic nitrogens is 3. The van der Waals surface area contributed by atoms with Gasteiger partial charge in [-0.25, -0.2) is 50.5 Å². The molecule has 0 amide bonds. The number of anilines is 6. The van der Waals surface area contributed by atoms with Crippen LogP contribution in [-0.4, -0.2) is 101 Å². The van der Waals surface area contributed by atoms with Crippen LogP contribution >= 0.6 is 0 Å². The van der Waals surface area contributed by atoms with Crippen LogP contribution in [-0.2, 0) is 64.9 Å². The maximum absolute atomic E-state index is 12.9. The van der Waals surface area contributed by atoms with Crippen LogP contribution in [0.15, 0.2) is 160 Å². The molecule has 0 bridgehead atoms. The van der Waals surface area contributed by atoms with E-state index in [1.165, 1.54) is 66.7 Å². The zero-order valence-electron chi connectivity index (χ0n) is 41.8. The zero-order valence-corrected chi connectivity index (χ0v) is 56.7. The summed E-state index contributed by atoms with van der Waals surface area (Å²) in [5, 5.41) is 24.7. The van der Waals surface area contributed by atoms with E-state index >= 15 is 0 Å². The summed E-state index contributed by atoms with van der Waals surface area (Å²) in [6.07, 6.45) is 0. The minimum Gasteiger partial charge on any atom is -0.744 e. The molecule has 0 spiro atoms. The molecule has 388 valence electrons. The molecule has 7 rings (SSSR count). The summed E-state index contributed by atoms with van der Waals surface area (Å²) in [5.74, 6) is -2.30. The van der Waals surface area contributed by atoms with Crippen LogP contribution in [0.1, 0.15) is 5.56 Å². The van der Waals surface area contributed by atoms with E-state index in [0.29, 0.717) is 23.8 Å². The Morgan fingerprint density at radius 1 is 0.443 bits per heavy atom. The Morgan fingerprint density at radius 2 is 0.937 bits per heavy atom. The second-order valence-corrected chi connectivity index (χ2v) is 23.5. The molecule has 0 fully saturated rings. The molecule has 39 heteroatoms. The minimum absolute atomic E-state index is 0. The fraction of sp³-hybridized carbons (Fsp3) is 0.0750. The summed E-state index contributed by atoms with van der Waals surface area (Å²) in [7, 11) is -30.0. The van der Waals surface area contributed by atoms with Crippen molar-refractivity contribution in [1.82, 2.24) is 15.0 Å². The molecule has 0 aliphatic carbocycles. The third-order valence-electron chi connectivity index (χ3n) is 9.77. The molecule has 3 N–H and O–H groups in total. The number of azo groups is 2. The Hall–Kier alpha value is -2.35. The van der Waals surface area contributed by atoms with Gasteiger partial charge in [0.25, 0.3) is 0 Å². The maximum Gasteiger partial charge on any atom is 1.00 e. The van der Waals surface area contributed by atoms with E-state index in [0.717, 1.165) is 30.3 Å². The van der Waals surface area contributed by atoms with Crippen LogP contribution < -0.4 is 164 Å². The topological polar surface area (TPSA) is 454 Å². The summed E-state index contributed by atoms with van der Waals surface area (Å²) < 4.78 is 206. The van der Waals surface area contributed by atoms with Crippen molar-refractivity contribution in [1.29, 1.82) is 0 Å². The molecule has 79 heavy (non-hydrogen) atoms. The van der Waals surface area contributed by atoms with Gasteiger partial charge in [-0.2, -0.15) is 20.1 Å². The summed E-state index contributed by atoms with van der Waals surface area (Å²) in [4.78, 5) is 8.89. The van der Waals surface area contributed by atoms with Crippen molar-refractivity contribution < 1.29 is 225 Å². The van der Waals surface area contributed by atoms with Gasteiger partial charge < -0.3 is 38.7 Å². The molecule has 0 aliphatic rings. The number of sulfone groups is 1. The van der Waals surface area contributed by atoms with Crippen LogP contribution in [0, 0.1) is 6.92 Å². The van der Waals surface area contributed by atoms with Crippen LogP contribution in [0.4, 0.5) is 57.7 Å². The van der Waals surface area contributed by atoms with Gasteiger partial charge in [0.2, 0.25) is 28.2 Å². The van der Waals surface area contributed by atoms with Gasteiger partial charge in [-0.15, -0.1) is 15.3 Å². The molecular formula is C40H29N10Na5O18S6. The molecule has 0 atom stereocenters. The van der Waals surface area contributed by atoms with Gasteiger partial charge in [-0.05, 0) is 103 Å². The average Bonchev–Trinajstić information content (AvgIpc) is 3.29. The molecule has 0 aliphatic heterocycles. The second-order valence-electron chi connectivity index (χ2n) is 14.9. The summed E-state index contributed by atoms with van der Waals surface area (Å²) in [6.45, 7) is 0.591. The van der Waals surface area contributed by atoms with Crippen LogP contribution in [0.2, 0.25) is 0 Å². The Labute approximate surface area is 562 Å². The number of nitrogens with one attached hydrogen (secondary N) is 3. The Kier molecular flexibility index (Phi) is 27.1. The molecule has 0 radical (unpaired) electrons. The number of fused-ring (bicyclic) bond motifs is 1. The monoisotopic (exact) mass is 1240 g/mol. The van der Waals surface area contributed by atoms with Gasteiger partial charge in [0.1, 0.15) is 46.2 Å². The predicted molar refractivity (Wildman–Crippen MR) is 252 cm³/mol. The molecule has 0 saturated heterocycles. The molecule has 7 aromatic rings. The van der Waals surface area contributed by atoms with Gasteiger partial charge in [-0.3, -0.25) is 4.18 Å². The summed E-state index contributed by atoms with van der Waals surface area (Å²) in [5.41, 5.74) is -0.147. The first-order valence-corrected chi connectivity index (χ1v) is 28.6. The van der Waals surface area contributed by atoms with E-state index in [1.807, 2.05) is 0 Å². The van der Waals surface area contributed by atoms with Gasteiger partial charge in [0.05, 0.1) is 59.6 Å². The van der Waals surface area contributed by atoms with Crippen LogP contribution in [0.25, 0.3) is 10.8 Å². The second kappa shape index (κ2) is 29.4. The van der Waals surface area contributed by atoms with E-state index in [2.05, 4.69) is 55.5 Å². The largest absolute Gasteiger partial charge is 1.00 e. The first-order valence-electron chi connectivity index (χ1n) is 20.0. The third kappa shape index (κ3) is 20.2. The standard InChI is InChI=1S/C40H34N10O18S6.5Na/c1-23-19-25(9-13-31(23)47-49-33-15-14-32(29-12-10-27(21-30(29)33)70(53,54)55)48-50-34-7-2-3-8-36(34)72(59,60)61)42-39-44-38(41-24-5-4-6-26(20-24)69(51,52)18-17-68-74(65,66)67)45-40(46-39)43-35-22-28(71(56,57)58)11-16-37(35)73(62,63)64;;;;;/h2-16,19-22H,17-18H2,1H3,(H,53,54,55)(H,56,57,58)(H,59,60,61)(H,62,63,64)(H,65,66,67)(H3,41,42,43,44,45,46);;;;;/q;5*+1/p-5. The molecule has 0 unspecified atom stereocenters. The van der Waals surface area contributed by atoms with Crippen molar-refractivity contribution in [2.75, 3.05) is 28.3 Å². The van der Waals surface area contributed by atoms with Crippen LogP contribution in [0.3, 0.4) is 0 Å². The van der Waals surface area contributed by atoms with Crippen molar-refractivity contribution in [3.05, 3.63) is 121 Å². The molecule has 1 heterocycles. The van der Waals surface area contributed by atoms with E-state index < -0.39 is 110 Å². The summed E-state index contributed by atoms with van der Waals surface area (Å²) in [6, 6.07) is 21.9. The van der Waals surface area contributed by atoms with Gasteiger partial charge in [-0.1, -0.05) is 24.3 Å². The number of benzene rings is 6. The van der Waals surface area contributed by atoms with E-state index in [-0.39, 0.29) is 204 Å². The molecular weight excluding hydrogens is 1220 g/mol. The van der Waals surface area contributed by atoms with Gasteiger partial charge in [0, 0.05) is 22.1 Å². The Balaban J connectivity index is 0.00000427. The molecule has 1 aromatic heterocycles. The SMILES string of the molecule is Cc1cc(Nc2nc(Nc3cccc(S(=O)(=O)CCOS(=O)(=O)[O-])c3)nc(Nc3cc(S(=O)(=O)[O-])ccc3S(=O)(=O)[O-])n2)ccc1N=Nc1ccc(N=Nc2ccccc2S(=O)(=O)[O-])c2ccc(S(=O)(=O)[O-])cc12.[Na+].[Na+].[Na+].[Na+].[Na+]. The smallest absolute Gasteiger partial charge is 0.744 e. The van der Waals surface area contributed by atoms with Crippen molar-refractivity contribution in [3.8, 4) is 0 Å². The van der Waals surface area contributed by atoms with Crippen molar-refractivity contribution in [2.45, 2.75) is 31.4 Å². The summed E-state index contributed by atoms with van der Waals surface area (Å²) >= 11 is 0. The predicted octanol–water partition coefficient (Wildman–Crippen LogP) is -9.72. The third-order valence-corrected chi connectivity index (χ3v) is 15.3. The first kappa shape index (κ1) is 72.8. The Morgan fingerprint density at radius 3 is 1.49 bits per heavy atom. The molecule has 6 aromatic carbocycles. The first-order chi connectivity index (χ1) is 34.4. The van der Waals surface area contributed by atoms with Crippen LogP contribution in [0.5, 0.6) is 0 Å². The van der Waals surface area contributed by atoms with Crippen molar-refractivity contribution in [2.24, 2.45) is 20.5 Å². The average molecular weight is 1250 g/mol. The number of hydrogen-bond acceptors (Lipinski definition) is 28. The fourth-order valence-electron chi connectivity index (χ4n) is 6.47. The van der Waals surface area contributed by atoms with Crippen molar-refractivity contribution in [3.63, 3.8) is 0 Å². The van der Waals surface area contributed by atoms with Crippen molar-refractivity contribution >= 4 is 129 Å². The van der Waals surface area contributed by atoms with E-state index in [9.17, 15) is 73.3 Å². The van der Waals surface area contributed by atoms with E-state index in [4.69, 9.17) is 0 Å². The molecule has 28 nitrogen and oxygen atoms in total. The maximum atomic E-state index is 12.9. The number of nitrogens with zero attached hydrogens (tertiary/aromatic N) is 7. The fourth-order valence-corrected chi connectivity index (χ4v) is 10.2. The Bertz CT molecular complexity index is 4190. The molecule has 0 saturated carbocycles. The quantitative estimate of drug-likeness (QED) is 0.0293. The van der Waals surface area contributed by atoms with E-state index in [1.54, 1.807) is 6.92 Å². The van der Waals surface area contributed by atoms with Gasteiger partial charge >= 0.3 is 148 Å². The number of aryl methyl sites for hydroxylation is 1. The number of rotatable bonds is 19. The number of hydrogen-bond donors (Lipinski definition) is 3. The zero-order chi connectivity index (χ0) is 54.0.